The van der Waals surface area contributed by atoms with Crippen molar-refractivity contribution in [3.63, 3.8) is 0 Å². The molecule has 0 radical (unpaired) electrons. The predicted octanol–water partition coefficient (Wildman–Crippen LogP) is 4.60. The van der Waals surface area contributed by atoms with E-state index in [2.05, 4.69) is 21.2 Å². The van der Waals surface area contributed by atoms with Crippen LogP contribution in [0.2, 0.25) is 5.02 Å². The molecule has 0 heterocycles. The molecule has 1 N–H and O–H groups in total. The summed E-state index contributed by atoms with van der Waals surface area (Å²) in [6.07, 6.45) is 0. The Bertz CT molecular complexity index is 578. The van der Waals surface area contributed by atoms with Gasteiger partial charge in [0.2, 0.25) is 0 Å². The third kappa shape index (κ3) is 4.05. The van der Waals surface area contributed by atoms with Crippen molar-refractivity contribution in [3.05, 3.63) is 52.0 Å². The van der Waals surface area contributed by atoms with Crippen LogP contribution in [0.4, 0.5) is 5.69 Å². The summed E-state index contributed by atoms with van der Waals surface area (Å²) in [6, 6.07) is 13.3. The molecule has 0 aliphatic carbocycles. The second-order valence-corrected chi connectivity index (χ2v) is 5.32. The molecule has 2 aromatic carbocycles. The van der Waals surface area contributed by atoms with Gasteiger partial charge in [0.25, 0.3) is 0 Å². The van der Waals surface area contributed by atoms with E-state index in [0.29, 0.717) is 18.2 Å². The fourth-order valence-electron chi connectivity index (χ4n) is 1.70. The monoisotopic (exact) mass is 355 g/mol. The Labute approximate surface area is 132 Å². The maximum absolute atomic E-state index is 5.94. The quantitative estimate of drug-likeness (QED) is 0.767. The first kappa shape index (κ1) is 15.0. The summed E-state index contributed by atoms with van der Waals surface area (Å²) >= 11 is 9.33. The topological polar surface area (TPSA) is 30.5 Å². The lowest BCUT2D eigenvalue weighted by atomic mass is 10.3. The van der Waals surface area contributed by atoms with E-state index in [1.54, 1.807) is 7.11 Å². The molecule has 0 fully saturated rings. The largest absolute Gasteiger partial charge is 0.493 e. The molecular formula is C15H15BrClNO2. The molecular weight excluding hydrogens is 342 g/mol. The van der Waals surface area contributed by atoms with Crippen molar-refractivity contribution in [2.45, 2.75) is 0 Å². The highest BCUT2D eigenvalue weighted by molar-refractivity contribution is 9.10. The number of anilines is 1. The van der Waals surface area contributed by atoms with Gasteiger partial charge in [-0.25, -0.2) is 0 Å². The number of hydrogen-bond acceptors (Lipinski definition) is 3. The second kappa shape index (κ2) is 7.41. The Hall–Kier alpha value is -1.39. The Morgan fingerprint density at radius 3 is 2.60 bits per heavy atom. The van der Waals surface area contributed by atoms with Crippen LogP contribution in [-0.4, -0.2) is 20.3 Å². The van der Waals surface area contributed by atoms with E-state index in [-0.39, 0.29) is 0 Å². The fraction of sp³-hybridized carbons (Fsp3) is 0.200. The summed E-state index contributed by atoms with van der Waals surface area (Å²) in [5, 5.41) is 3.96. The zero-order chi connectivity index (χ0) is 14.4. The third-order valence-electron chi connectivity index (χ3n) is 2.68. The summed E-state index contributed by atoms with van der Waals surface area (Å²) in [5.41, 5.74) is 0.991. The van der Waals surface area contributed by atoms with E-state index in [4.69, 9.17) is 21.1 Å². The average Bonchev–Trinajstić information content (AvgIpc) is 2.47. The molecule has 5 heteroatoms. The zero-order valence-electron chi connectivity index (χ0n) is 11.0. The van der Waals surface area contributed by atoms with Gasteiger partial charge in [0.1, 0.15) is 6.61 Å². The first-order chi connectivity index (χ1) is 9.70. The van der Waals surface area contributed by atoms with Crippen LogP contribution in [0.3, 0.4) is 0 Å². The van der Waals surface area contributed by atoms with Gasteiger partial charge in [0.15, 0.2) is 11.5 Å². The van der Waals surface area contributed by atoms with Gasteiger partial charge in [-0.2, -0.15) is 0 Å². The summed E-state index contributed by atoms with van der Waals surface area (Å²) in [5.74, 6) is 1.48. The fourth-order valence-corrected chi connectivity index (χ4v) is 2.20. The van der Waals surface area contributed by atoms with E-state index in [1.807, 2.05) is 42.5 Å². The lowest BCUT2D eigenvalue weighted by Gasteiger charge is -2.11. The molecule has 20 heavy (non-hydrogen) atoms. The van der Waals surface area contributed by atoms with Gasteiger partial charge >= 0.3 is 0 Å². The van der Waals surface area contributed by atoms with E-state index >= 15 is 0 Å². The van der Waals surface area contributed by atoms with Gasteiger partial charge in [-0.1, -0.05) is 23.7 Å². The van der Waals surface area contributed by atoms with Crippen LogP contribution < -0.4 is 14.8 Å². The highest BCUT2D eigenvalue weighted by Gasteiger charge is 2.02. The molecule has 3 nitrogen and oxygen atoms in total. The van der Waals surface area contributed by atoms with Gasteiger partial charge in [-0.15, -0.1) is 0 Å². The summed E-state index contributed by atoms with van der Waals surface area (Å²) in [6.45, 7) is 1.23. The number of methoxy groups -OCH3 is 1. The van der Waals surface area contributed by atoms with E-state index in [0.717, 1.165) is 21.7 Å². The standard InChI is InChI=1S/C15H15BrClNO2/c1-19-14-4-2-3-5-15(14)20-9-8-18-11-6-7-13(17)12(16)10-11/h2-7,10,18H,8-9H2,1H3. The molecule has 0 saturated carbocycles. The average molecular weight is 357 g/mol. The van der Waals surface area contributed by atoms with E-state index in [1.165, 1.54) is 0 Å². The molecule has 2 aromatic rings. The maximum atomic E-state index is 5.94. The molecule has 0 saturated heterocycles. The molecule has 0 bridgehead atoms. The van der Waals surface area contributed by atoms with Crippen LogP contribution in [0, 0.1) is 0 Å². The number of benzene rings is 2. The van der Waals surface area contributed by atoms with Crippen molar-refractivity contribution in [3.8, 4) is 11.5 Å². The maximum Gasteiger partial charge on any atom is 0.161 e. The van der Waals surface area contributed by atoms with E-state index < -0.39 is 0 Å². The van der Waals surface area contributed by atoms with Gasteiger partial charge in [0.05, 0.1) is 12.1 Å². The number of halogens is 2. The van der Waals surface area contributed by atoms with Crippen molar-refractivity contribution in [1.82, 2.24) is 0 Å². The van der Waals surface area contributed by atoms with Crippen molar-refractivity contribution in [2.75, 3.05) is 25.6 Å². The van der Waals surface area contributed by atoms with Crippen LogP contribution in [0.15, 0.2) is 46.9 Å². The van der Waals surface area contributed by atoms with Crippen molar-refractivity contribution >= 4 is 33.2 Å². The van der Waals surface area contributed by atoms with Gasteiger partial charge < -0.3 is 14.8 Å². The summed E-state index contributed by atoms with van der Waals surface area (Å²) < 4.78 is 11.8. The summed E-state index contributed by atoms with van der Waals surface area (Å²) in [7, 11) is 1.63. The predicted molar refractivity (Wildman–Crippen MR) is 86.1 cm³/mol. The SMILES string of the molecule is COc1ccccc1OCCNc1ccc(Cl)c(Br)c1. The third-order valence-corrected chi connectivity index (χ3v) is 3.89. The highest BCUT2D eigenvalue weighted by Crippen LogP contribution is 2.26. The van der Waals surface area contributed by atoms with Gasteiger partial charge in [0, 0.05) is 16.7 Å². The smallest absolute Gasteiger partial charge is 0.161 e. The Balaban J connectivity index is 1.83. The molecule has 0 unspecified atom stereocenters. The molecule has 0 amide bonds. The van der Waals surface area contributed by atoms with E-state index in [9.17, 15) is 0 Å². The van der Waals surface area contributed by atoms with Crippen LogP contribution in [-0.2, 0) is 0 Å². The molecule has 0 aliphatic heterocycles. The molecule has 2 rings (SSSR count). The van der Waals surface area contributed by atoms with Crippen molar-refractivity contribution in [2.24, 2.45) is 0 Å². The number of rotatable bonds is 6. The number of nitrogens with one attached hydrogen (secondary N) is 1. The normalized spacial score (nSPS) is 10.2. The van der Waals surface area contributed by atoms with Crippen LogP contribution >= 0.6 is 27.5 Å². The van der Waals surface area contributed by atoms with Crippen LogP contribution in [0.1, 0.15) is 0 Å². The molecule has 0 atom stereocenters. The highest BCUT2D eigenvalue weighted by atomic mass is 79.9. The second-order valence-electron chi connectivity index (χ2n) is 4.05. The van der Waals surface area contributed by atoms with Crippen LogP contribution in [0.25, 0.3) is 0 Å². The molecule has 0 aromatic heterocycles. The number of para-hydroxylation sites is 2. The lowest BCUT2D eigenvalue weighted by molar-refractivity contribution is 0.306. The van der Waals surface area contributed by atoms with Gasteiger partial charge in [-0.3, -0.25) is 0 Å². The number of ether oxygens (including phenoxy) is 2. The summed E-state index contributed by atoms with van der Waals surface area (Å²) in [4.78, 5) is 0. The Morgan fingerprint density at radius 1 is 1.15 bits per heavy atom. The lowest BCUT2D eigenvalue weighted by Crippen LogP contribution is -2.11. The first-order valence-corrected chi connectivity index (χ1v) is 7.32. The zero-order valence-corrected chi connectivity index (χ0v) is 13.4. The number of hydrogen-bond donors (Lipinski definition) is 1. The Kier molecular flexibility index (Phi) is 5.56. The molecule has 0 spiro atoms. The van der Waals surface area contributed by atoms with Crippen LogP contribution in [0.5, 0.6) is 11.5 Å². The Morgan fingerprint density at radius 2 is 1.90 bits per heavy atom. The minimum atomic E-state index is 0.542. The molecule has 106 valence electrons. The minimum absolute atomic E-state index is 0.542. The van der Waals surface area contributed by atoms with Crippen molar-refractivity contribution in [1.29, 1.82) is 0 Å². The van der Waals surface area contributed by atoms with Crippen molar-refractivity contribution < 1.29 is 9.47 Å². The first-order valence-electron chi connectivity index (χ1n) is 6.15. The molecule has 0 aliphatic rings. The minimum Gasteiger partial charge on any atom is -0.493 e. The van der Waals surface area contributed by atoms with Gasteiger partial charge in [-0.05, 0) is 46.3 Å².